The number of anilines is 1. The van der Waals surface area contributed by atoms with E-state index < -0.39 is 21.1 Å². The smallest absolute Gasteiger partial charge is 0.269 e. The lowest BCUT2D eigenvalue weighted by Crippen LogP contribution is -3.07. The Morgan fingerprint density at radius 3 is 2.15 bits per heavy atom. The van der Waals surface area contributed by atoms with Gasteiger partial charge in [-0.1, -0.05) is 17.7 Å². The van der Waals surface area contributed by atoms with E-state index in [4.69, 9.17) is 0 Å². The van der Waals surface area contributed by atoms with E-state index in [1.54, 1.807) is 24.3 Å². The first-order chi connectivity index (χ1) is 12.6. The molecule has 0 aliphatic carbocycles. The van der Waals surface area contributed by atoms with Crippen LogP contribution in [0.15, 0.2) is 53.4 Å². The molecule has 2 N–H and O–H groups in total. The first kappa shape index (κ1) is 20.8. The van der Waals surface area contributed by atoms with Crippen LogP contribution in [0, 0.1) is 17.0 Å². The van der Waals surface area contributed by atoms with Gasteiger partial charge in [0.05, 0.1) is 36.1 Å². The van der Waals surface area contributed by atoms with Crippen molar-refractivity contribution in [2.24, 2.45) is 0 Å². The van der Waals surface area contributed by atoms with Gasteiger partial charge in [-0.2, -0.15) is 0 Å². The molecule has 27 heavy (non-hydrogen) atoms. The van der Waals surface area contributed by atoms with Crippen molar-refractivity contribution in [3.05, 3.63) is 64.2 Å². The largest absolute Gasteiger partial charge is 0.385 e. The van der Waals surface area contributed by atoms with E-state index in [0.29, 0.717) is 12.2 Å². The fourth-order valence-electron chi connectivity index (χ4n) is 2.65. The number of quaternary nitrogens is 1. The minimum absolute atomic E-state index is 0.0712. The number of nitrogens with zero attached hydrogens (tertiary/aromatic N) is 2. The van der Waals surface area contributed by atoms with Crippen LogP contribution in [0.3, 0.4) is 0 Å². The summed E-state index contributed by atoms with van der Waals surface area (Å²) in [5.74, 6) is 0. The molecule has 0 aliphatic rings. The number of nitro groups is 1. The predicted octanol–water partition coefficient (Wildman–Crippen LogP) is 0.604. The van der Waals surface area contributed by atoms with E-state index in [0.717, 1.165) is 26.9 Å². The monoisotopic (exact) mass is 394 g/mol. The molecule has 8 nitrogen and oxygen atoms in total. The molecule has 1 atom stereocenters. The molecule has 2 rings (SSSR count). The van der Waals surface area contributed by atoms with Crippen molar-refractivity contribution in [2.75, 3.05) is 31.5 Å². The quantitative estimate of drug-likeness (QED) is 0.504. The third-order valence-corrected chi connectivity index (χ3v) is 5.79. The van der Waals surface area contributed by atoms with Gasteiger partial charge in [-0.15, -0.1) is 0 Å². The molecule has 0 bridgehead atoms. The molecular weight excluding hydrogens is 370 g/mol. The lowest BCUT2D eigenvalue weighted by Gasteiger charge is -2.27. The summed E-state index contributed by atoms with van der Waals surface area (Å²) in [6.45, 7) is 2.15. The molecule has 2 aromatic carbocycles. The number of rotatable bonds is 8. The number of likely N-dealkylation sites (N-methyl/N-ethyl adjacent to an activating group) is 1. The van der Waals surface area contributed by atoms with Crippen LogP contribution in [-0.2, 0) is 10.0 Å². The number of hydrogen-bond donors (Lipinski definition) is 2. The minimum Gasteiger partial charge on any atom is -0.385 e. The Balaban J connectivity index is 2.43. The van der Waals surface area contributed by atoms with Crippen LogP contribution in [-0.4, -0.2) is 51.7 Å². The summed E-state index contributed by atoms with van der Waals surface area (Å²) in [4.78, 5) is 11.1. The number of nitrogens with one attached hydrogen (secondary N) is 1. The average molecular weight is 394 g/mol. The van der Waals surface area contributed by atoms with Crippen molar-refractivity contribution in [1.82, 2.24) is 0 Å². The molecule has 0 aliphatic heterocycles. The lowest BCUT2D eigenvalue weighted by atomic mass is 10.2. The highest BCUT2D eigenvalue weighted by Crippen LogP contribution is 2.25. The predicted molar refractivity (Wildman–Crippen MR) is 102 cm³/mol. The number of aliphatic hydroxyl groups excluding tert-OH is 1. The van der Waals surface area contributed by atoms with Crippen LogP contribution in [0.2, 0.25) is 0 Å². The fourth-order valence-corrected chi connectivity index (χ4v) is 4.15. The molecule has 0 amide bonds. The average Bonchev–Trinajstić information content (AvgIpc) is 2.60. The second-order valence-electron chi connectivity index (χ2n) is 6.69. The standard InChI is InChI=1S/C18H23N3O5S/c1-14-4-6-15(7-5-14)20(13-17(22)12-19(2)3)27(25,26)18-10-8-16(9-11-18)21(23)24/h4-11,17,22H,12-13H2,1-3H3/p+1/t17-/m1/s1. The summed E-state index contributed by atoms with van der Waals surface area (Å²) in [7, 11) is -0.268. The summed E-state index contributed by atoms with van der Waals surface area (Å²) in [5.41, 5.74) is 1.21. The topological polar surface area (TPSA) is 105 Å². The molecule has 0 unspecified atom stereocenters. The van der Waals surface area contributed by atoms with Gasteiger partial charge in [-0.3, -0.25) is 14.4 Å². The Morgan fingerprint density at radius 1 is 1.11 bits per heavy atom. The number of aryl methyl sites for hydroxylation is 1. The van der Waals surface area contributed by atoms with E-state index in [9.17, 15) is 23.6 Å². The molecule has 2 aromatic rings. The molecule has 9 heteroatoms. The summed E-state index contributed by atoms with van der Waals surface area (Å²) in [6, 6.07) is 11.6. The van der Waals surface area contributed by atoms with Gasteiger partial charge in [0, 0.05) is 12.1 Å². The van der Waals surface area contributed by atoms with E-state index >= 15 is 0 Å². The lowest BCUT2D eigenvalue weighted by molar-refractivity contribution is -0.861. The normalized spacial score (nSPS) is 12.8. The Labute approximate surface area is 158 Å². The number of hydrogen-bond acceptors (Lipinski definition) is 5. The fraction of sp³-hybridized carbons (Fsp3) is 0.333. The zero-order valence-electron chi connectivity index (χ0n) is 15.5. The third-order valence-electron chi connectivity index (χ3n) is 3.98. The number of benzene rings is 2. The van der Waals surface area contributed by atoms with Crippen molar-refractivity contribution in [3.8, 4) is 0 Å². The van der Waals surface area contributed by atoms with Crippen LogP contribution in [0.1, 0.15) is 5.56 Å². The van der Waals surface area contributed by atoms with E-state index in [1.165, 1.54) is 12.1 Å². The van der Waals surface area contributed by atoms with Crippen LogP contribution in [0.5, 0.6) is 0 Å². The molecule has 0 saturated carbocycles. The minimum atomic E-state index is -4.00. The molecule has 0 radical (unpaired) electrons. The van der Waals surface area contributed by atoms with Gasteiger partial charge in [0.15, 0.2) is 0 Å². The molecule has 0 saturated heterocycles. The maximum absolute atomic E-state index is 13.2. The molecule has 0 fully saturated rings. The van der Waals surface area contributed by atoms with Crippen LogP contribution < -0.4 is 9.21 Å². The van der Waals surface area contributed by atoms with Crippen LogP contribution in [0.4, 0.5) is 11.4 Å². The Hall–Kier alpha value is -2.49. The SMILES string of the molecule is Cc1ccc(N(C[C@H](O)C[NH+](C)C)S(=O)(=O)c2ccc([N+](=O)[O-])cc2)cc1. The molecule has 0 aromatic heterocycles. The van der Waals surface area contributed by atoms with Gasteiger partial charge in [0.2, 0.25) is 0 Å². The second-order valence-corrected chi connectivity index (χ2v) is 8.55. The summed E-state index contributed by atoms with van der Waals surface area (Å²) in [6.07, 6.45) is -0.871. The third kappa shape index (κ3) is 5.25. The Morgan fingerprint density at radius 2 is 1.67 bits per heavy atom. The van der Waals surface area contributed by atoms with Gasteiger partial charge in [-0.05, 0) is 31.2 Å². The first-order valence-corrected chi connectivity index (χ1v) is 9.86. The van der Waals surface area contributed by atoms with Gasteiger partial charge in [0.25, 0.3) is 15.7 Å². The zero-order valence-corrected chi connectivity index (χ0v) is 16.3. The van der Waals surface area contributed by atoms with Crippen LogP contribution >= 0.6 is 0 Å². The Bertz CT molecular complexity index is 880. The highest BCUT2D eigenvalue weighted by Gasteiger charge is 2.28. The van der Waals surface area contributed by atoms with Crippen LogP contribution in [0.25, 0.3) is 0 Å². The molecule has 0 spiro atoms. The van der Waals surface area contributed by atoms with E-state index in [-0.39, 0.29) is 17.1 Å². The van der Waals surface area contributed by atoms with Gasteiger partial charge in [0.1, 0.15) is 12.6 Å². The zero-order chi connectivity index (χ0) is 20.2. The highest BCUT2D eigenvalue weighted by molar-refractivity contribution is 7.92. The van der Waals surface area contributed by atoms with Crippen molar-refractivity contribution >= 4 is 21.4 Å². The number of nitro benzene ring substituents is 1. The first-order valence-electron chi connectivity index (χ1n) is 8.42. The number of sulfonamides is 1. The maximum atomic E-state index is 13.2. The Kier molecular flexibility index (Phi) is 6.53. The molecular formula is C18H24N3O5S+. The van der Waals surface area contributed by atoms with Crippen molar-refractivity contribution in [1.29, 1.82) is 0 Å². The van der Waals surface area contributed by atoms with E-state index in [2.05, 4.69) is 0 Å². The second kappa shape index (κ2) is 8.47. The van der Waals surface area contributed by atoms with Crippen molar-refractivity contribution in [2.45, 2.75) is 17.9 Å². The summed E-state index contributed by atoms with van der Waals surface area (Å²) < 4.78 is 27.5. The van der Waals surface area contributed by atoms with E-state index in [1.807, 2.05) is 21.0 Å². The highest BCUT2D eigenvalue weighted by atomic mass is 32.2. The molecule has 146 valence electrons. The van der Waals surface area contributed by atoms with Gasteiger partial charge in [-0.25, -0.2) is 8.42 Å². The summed E-state index contributed by atoms with van der Waals surface area (Å²) >= 11 is 0. The number of non-ortho nitro benzene ring substituents is 1. The maximum Gasteiger partial charge on any atom is 0.269 e. The molecule has 0 heterocycles. The van der Waals surface area contributed by atoms with Crippen molar-refractivity contribution in [3.63, 3.8) is 0 Å². The van der Waals surface area contributed by atoms with Crippen molar-refractivity contribution < 1.29 is 23.3 Å². The number of aliphatic hydroxyl groups is 1. The summed E-state index contributed by atoms with van der Waals surface area (Å²) in [5, 5.41) is 21.1. The van der Waals surface area contributed by atoms with Gasteiger partial charge >= 0.3 is 0 Å². The van der Waals surface area contributed by atoms with Gasteiger partial charge < -0.3 is 10.0 Å².